The topological polar surface area (TPSA) is 76.4 Å². The van der Waals surface area contributed by atoms with E-state index in [-0.39, 0.29) is 5.69 Å². The number of nitrogen functional groups attached to an aromatic ring is 1. The number of carbonyl (C=O) groups excluding carboxylic acids is 1. The summed E-state index contributed by atoms with van der Waals surface area (Å²) >= 11 is 0. The van der Waals surface area contributed by atoms with Crippen molar-refractivity contribution in [3.63, 3.8) is 0 Å². The van der Waals surface area contributed by atoms with Crippen molar-refractivity contribution < 1.29 is 22.7 Å². The number of methoxy groups -OCH3 is 1. The second kappa shape index (κ2) is 6.47. The van der Waals surface area contributed by atoms with Crippen molar-refractivity contribution in [2.75, 3.05) is 23.5 Å². The van der Waals surface area contributed by atoms with Crippen LogP contribution in [0.4, 0.5) is 35.0 Å². The molecule has 8 heteroatoms. The number of halogens is 3. The number of urea groups is 1. The highest BCUT2D eigenvalue weighted by molar-refractivity contribution is 5.99. The third kappa shape index (κ3) is 4.29. The van der Waals surface area contributed by atoms with Gasteiger partial charge < -0.3 is 21.1 Å². The summed E-state index contributed by atoms with van der Waals surface area (Å²) in [6.45, 7) is 0. The van der Waals surface area contributed by atoms with E-state index >= 15 is 0 Å². The van der Waals surface area contributed by atoms with E-state index in [0.717, 1.165) is 12.1 Å². The number of alkyl halides is 3. The predicted molar refractivity (Wildman–Crippen MR) is 81.5 cm³/mol. The molecule has 4 N–H and O–H groups in total. The molecule has 0 fully saturated rings. The number of benzene rings is 2. The average Bonchev–Trinajstić information content (AvgIpc) is 2.49. The largest absolute Gasteiger partial charge is 0.497 e. The Morgan fingerprint density at radius 2 is 1.61 bits per heavy atom. The Hall–Kier alpha value is -2.90. The van der Waals surface area contributed by atoms with E-state index in [9.17, 15) is 18.0 Å². The lowest BCUT2D eigenvalue weighted by Crippen LogP contribution is -2.20. The van der Waals surface area contributed by atoms with Gasteiger partial charge in [0.15, 0.2) is 0 Å². The van der Waals surface area contributed by atoms with E-state index in [1.165, 1.54) is 13.2 Å². The molecule has 0 aliphatic carbocycles. The van der Waals surface area contributed by atoms with Crippen LogP contribution in [0, 0.1) is 0 Å². The number of ether oxygens (including phenoxy) is 1. The zero-order chi connectivity index (χ0) is 17.0. The van der Waals surface area contributed by atoms with Gasteiger partial charge in [-0.1, -0.05) is 0 Å². The standard InChI is InChI=1S/C15H14F3N3O2/c1-23-11-5-2-9(3-6-11)20-14(22)21-10-4-7-13(19)12(8-10)15(16,17)18/h2-8H,19H2,1H3,(H2,20,21,22). The molecule has 122 valence electrons. The molecule has 2 aromatic rings. The van der Waals surface area contributed by atoms with Gasteiger partial charge in [0.1, 0.15) is 5.75 Å². The summed E-state index contributed by atoms with van der Waals surface area (Å²) < 4.78 is 43.3. The molecule has 0 bridgehead atoms. The summed E-state index contributed by atoms with van der Waals surface area (Å²) in [5, 5.41) is 4.82. The lowest BCUT2D eigenvalue weighted by molar-refractivity contribution is -0.136. The molecule has 0 unspecified atom stereocenters. The van der Waals surface area contributed by atoms with Crippen LogP contribution in [0.5, 0.6) is 5.75 Å². The Labute approximate surface area is 130 Å². The van der Waals surface area contributed by atoms with Gasteiger partial charge in [-0.25, -0.2) is 4.79 Å². The Kier molecular flexibility index (Phi) is 4.63. The molecule has 2 amide bonds. The van der Waals surface area contributed by atoms with Gasteiger partial charge in [-0.2, -0.15) is 13.2 Å². The summed E-state index contributed by atoms with van der Waals surface area (Å²) in [6, 6.07) is 8.96. The summed E-state index contributed by atoms with van der Waals surface area (Å²) in [7, 11) is 1.51. The SMILES string of the molecule is COc1ccc(NC(=O)Nc2ccc(N)c(C(F)(F)F)c2)cc1. The highest BCUT2D eigenvalue weighted by atomic mass is 19.4. The average molecular weight is 325 g/mol. The summed E-state index contributed by atoms with van der Waals surface area (Å²) in [5.41, 5.74) is 4.34. The van der Waals surface area contributed by atoms with Crippen LogP contribution in [-0.4, -0.2) is 13.1 Å². The van der Waals surface area contributed by atoms with Gasteiger partial charge in [-0.05, 0) is 42.5 Å². The lowest BCUT2D eigenvalue weighted by atomic mass is 10.1. The summed E-state index contributed by atoms with van der Waals surface area (Å²) in [5.74, 6) is 0.615. The Bertz CT molecular complexity index is 700. The zero-order valence-electron chi connectivity index (χ0n) is 12.1. The fourth-order valence-electron chi connectivity index (χ4n) is 1.85. The maximum atomic E-state index is 12.8. The van der Waals surface area contributed by atoms with Crippen molar-refractivity contribution in [3.05, 3.63) is 48.0 Å². The molecule has 0 aliphatic rings. The Morgan fingerprint density at radius 3 is 2.17 bits per heavy atom. The number of anilines is 3. The van der Waals surface area contributed by atoms with Crippen LogP contribution in [0.2, 0.25) is 0 Å². The molecule has 23 heavy (non-hydrogen) atoms. The molecule has 0 saturated heterocycles. The summed E-state index contributed by atoms with van der Waals surface area (Å²) in [4.78, 5) is 11.8. The van der Waals surface area contributed by atoms with Crippen LogP contribution in [0.25, 0.3) is 0 Å². The first-order valence-corrected chi connectivity index (χ1v) is 6.48. The zero-order valence-corrected chi connectivity index (χ0v) is 12.1. The van der Waals surface area contributed by atoms with Crippen LogP contribution in [-0.2, 0) is 6.18 Å². The first-order chi connectivity index (χ1) is 10.8. The van der Waals surface area contributed by atoms with Gasteiger partial charge in [0, 0.05) is 17.1 Å². The maximum Gasteiger partial charge on any atom is 0.418 e. The number of nitrogens with one attached hydrogen (secondary N) is 2. The van der Waals surface area contributed by atoms with Crippen LogP contribution in [0.3, 0.4) is 0 Å². The summed E-state index contributed by atoms with van der Waals surface area (Å²) in [6.07, 6.45) is -4.59. The number of hydrogen-bond acceptors (Lipinski definition) is 3. The third-order valence-electron chi connectivity index (χ3n) is 2.96. The van der Waals surface area contributed by atoms with Crippen LogP contribution in [0.1, 0.15) is 5.56 Å². The fourth-order valence-corrected chi connectivity index (χ4v) is 1.85. The predicted octanol–water partition coefficient (Wildman–Crippen LogP) is 3.94. The minimum absolute atomic E-state index is 0.0162. The van der Waals surface area contributed by atoms with Crippen molar-refractivity contribution in [2.24, 2.45) is 0 Å². The number of rotatable bonds is 3. The van der Waals surface area contributed by atoms with Crippen molar-refractivity contribution in [3.8, 4) is 5.75 Å². The molecule has 0 saturated carbocycles. The molecular weight excluding hydrogens is 311 g/mol. The van der Waals surface area contributed by atoms with Crippen molar-refractivity contribution in [2.45, 2.75) is 6.18 Å². The second-order valence-electron chi connectivity index (χ2n) is 4.61. The number of carbonyl (C=O) groups is 1. The van der Waals surface area contributed by atoms with E-state index in [2.05, 4.69) is 10.6 Å². The third-order valence-corrected chi connectivity index (χ3v) is 2.96. The highest BCUT2D eigenvalue weighted by Gasteiger charge is 2.33. The molecule has 0 aromatic heterocycles. The number of hydrogen-bond donors (Lipinski definition) is 3. The molecule has 0 spiro atoms. The van der Waals surface area contributed by atoms with Crippen LogP contribution < -0.4 is 21.1 Å². The Balaban J connectivity index is 2.08. The van der Waals surface area contributed by atoms with Crippen LogP contribution in [0.15, 0.2) is 42.5 Å². The highest BCUT2D eigenvalue weighted by Crippen LogP contribution is 2.35. The van der Waals surface area contributed by atoms with Crippen molar-refractivity contribution in [1.82, 2.24) is 0 Å². The molecular formula is C15H14F3N3O2. The van der Waals surface area contributed by atoms with Gasteiger partial charge in [-0.3, -0.25) is 0 Å². The quantitative estimate of drug-likeness (QED) is 0.748. The van der Waals surface area contributed by atoms with Crippen LogP contribution >= 0.6 is 0 Å². The van der Waals surface area contributed by atoms with Crippen molar-refractivity contribution in [1.29, 1.82) is 0 Å². The first kappa shape index (κ1) is 16.5. The van der Waals surface area contributed by atoms with E-state index in [1.807, 2.05) is 0 Å². The lowest BCUT2D eigenvalue weighted by Gasteiger charge is -2.13. The molecule has 2 aromatic carbocycles. The van der Waals surface area contributed by atoms with Gasteiger partial charge in [0.05, 0.1) is 12.7 Å². The maximum absolute atomic E-state index is 12.8. The minimum Gasteiger partial charge on any atom is -0.497 e. The Morgan fingerprint density at radius 1 is 1.04 bits per heavy atom. The molecule has 0 heterocycles. The molecule has 0 aliphatic heterocycles. The van der Waals surface area contributed by atoms with Gasteiger partial charge in [0.2, 0.25) is 0 Å². The molecule has 0 radical (unpaired) electrons. The van der Waals surface area contributed by atoms with E-state index in [0.29, 0.717) is 11.4 Å². The van der Waals surface area contributed by atoms with E-state index < -0.39 is 23.5 Å². The second-order valence-corrected chi connectivity index (χ2v) is 4.61. The normalized spacial score (nSPS) is 11.0. The van der Waals surface area contributed by atoms with Gasteiger partial charge >= 0.3 is 12.2 Å². The fraction of sp³-hybridized carbons (Fsp3) is 0.133. The first-order valence-electron chi connectivity index (χ1n) is 6.48. The van der Waals surface area contributed by atoms with Crippen molar-refractivity contribution >= 4 is 23.1 Å². The molecule has 0 atom stereocenters. The minimum atomic E-state index is -4.59. The number of amides is 2. The van der Waals surface area contributed by atoms with E-state index in [4.69, 9.17) is 10.5 Å². The van der Waals surface area contributed by atoms with Gasteiger partial charge in [0.25, 0.3) is 0 Å². The molecule has 2 rings (SSSR count). The van der Waals surface area contributed by atoms with E-state index in [1.54, 1.807) is 24.3 Å². The monoisotopic (exact) mass is 325 g/mol. The smallest absolute Gasteiger partial charge is 0.418 e. The molecule has 5 nitrogen and oxygen atoms in total. The van der Waals surface area contributed by atoms with Gasteiger partial charge in [-0.15, -0.1) is 0 Å². The number of nitrogens with two attached hydrogens (primary N) is 1.